The van der Waals surface area contributed by atoms with E-state index in [-0.39, 0.29) is 12.3 Å². The Balaban J connectivity index is 1.93. The van der Waals surface area contributed by atoms with E-state index in [0.717, 1.165) is 0 Å². The van der Waals surface area contributed by atoms with Gasteiger partial charge in [0.1, 0.15) is 11.8 Å². The number of carboxylic acids is 1. The molecule has 2 aromatic rings. The topological polar surface area (TPSA) is 115 Å². The number of nitrogens with one attached hydrogen (secondary N) is 2. The van der Waals surface area contributed by atoms with Crippen molar-refractivity contribution in [1.29, 1.82) is 5.26 Å². The van der Waals surface area contributed by atoms with Gasteiger partial charge in [0.2, 0.25) is 5.76 Å². The summed E-state index contributed by atoms with van der Waals surface area (Å²) in [7, 11) is 0. The molecule has 0 saturated carbocycles. The fraction of sp³-hybridized carbons (Fsp3) is 0.0714. The third kappa shape index (κ3) is 3.61. The number of nitriles is 1. The van der Waals surface area contributed by atoms with Crippen LogP contribution in [0.4, 0.5) is 10.5 Å². The average Bonchev–Trinajstić information content (AvgIpc) is 2.95. The Morgan fingerprint density at radius 1 is 1.24 bits per heavy atom. The second kappa shape index (κ2) is 6.25. The molecule has 3 N–H and O–H groups in total. The van der Waals surface area contributed by atoms with Gasteiger partial charge in [0, 0.05) is 0 Å². The lowest BCUT2D eigenvalue weighted by atomic mass is 10.2. The Labute approximate surface area is 119 Å². The Hall–Kier alpha value is -3.27. The van der Waals surface area contributed by atoms with E-state index in [4.69, 9.17) is 14.8 Å². The van der Waals surface area contributed by atoms with Gasteiger partial charge in [-0.25, -0.2) is 9.59 Å². The first-order valence-electron chi connectivity index (χ1n) is 5.96. The molecule has 7 heteroatoms. The number of hydrogen-bond donors (Lipinski definition) is 3. The van der Waals surface area contributed by atoms with E-state index >= 15 is 0 Å². The zero-order valence-corrected chi connectivity index (χ0v) is 10.8. The Morgan fingerprint density at radius 3 is 2.67 bits per heavy atom. The van der Waals surface area contributed by atoms with Crippen molar-refractivity contribution in [2.75, 3.05) is 5.32 Å². The van der Waals surface area contributed by atoms with E-state index in [2.05, 4.69) is 10.6 Å². The van der Waals surface area contributed by atoms with Crippen LogP contribution >= 0.6 is 0 Å². The van der Waals surface area contributed by atoms with Gasteiger partial charge in [-0.15, -0.1) is 0 Å². The van der Waals surface area contributed by atoms with Crippen LogP contribution in [0.1, 0.15) is 21.9 Å². The molecule has 0 atom stereocenters. The quantitative estimate of drug-likeness (QED) is 0.796. The molecule has 0 aliphatic carbocycles. The Bertz CT molecular complexity index is 715. The summed E-state index contributed by atoms with van der Waals surface area (Å²) in [5, 5.41) is 22.6. The maximum atomic E-state index is 11.7. The minimum atomic E-state index is -1.17. The molecule has 2 amide bonds. The van der Waals surface area contributed by atoms with E-state index in [9.17, 15) is 9.59 Å². The van der Waals surface area contributed by atoms with E-state index in [1.165, 1.54) is 12.1 Å². The van der Waals surface area contributed by atoms with Crippen molar-refractivity contribution in [1.82, 2.24) is 5.32 Å². The number of aromatic carboxylic acids is 1. The normalized spacial score (nSPS) is 9.67. The third-order valence-corrected chi connectivity index (χ3v) is 2.59. The van der Waals surface area contributed by atoms with Crippen molar-refractivity contribution in [3.63, 3.8) is 0 Å². The summed E-state index contributed by atoms with van der Waals surface area (Å²) in [6, 6.07) is 10.8. The zero-order chi connectivity index (χ0) is 15.2. The number of benzene rings is 1. The summed E-state index contributed by atoms with van der Waals surface area (Å²) in [5.41, 5.74) is 0.738. The van der Waals surface area contributed by atoms with Crippen molar-refractivity contribution in [3.8, 4) is 6.07 Å². The van der Waals surface area contributed by atoms with E-state index in [1.807, 2.05) is 6.07 Å². The number of hydrogen-bond acceptors (Lipinski definition) is 4. The molecular weight excluding hydrogens is 274 g/mol. The van der Waals surface area contributed by atoms with Crippen molar-refractivity contribution < 1.29 is 19.1 Å². The minimum Gasteiger partial charge on any atom is -0.475 e. The lowest BCUT2D eigenvalue weighted by molar-refractivity contribution is 0.0660. The van der Waals surface area contributed by atoms with Crippen molar-refractivity contribution in [2.45, 2.75) is 6.54 Å². The highest BCUT2D eigenvalue weighted by atomic mass is 16.4. The molecule has 0 unspecified atom stereocenters. The maximum Gasteiger partial charge on any atom is 0.371 e. The molecule has 0 aliphatic heterocycles. The number of amides is 2. The van der Waals surface area contributed by atoms with Crippen molar-refractivity contribution in [2.24, 2.45) is 0 Å². The number of furan rings is 1. The first-order valence-corrected chi connectivity index (χ1v) is 5.96. The van der Waals surface area contributed by atoms with Gasteiger partial charge in [-0.1, -0.05) is 12.1 Å². The van der Waals surface area contributed by atoms with E-state index in [1.54, 1.807) is 24.3 Å². The molecule has 2 rings (SSSR count). The van der Waals surface area contributed by atoms with Crippen molar-refractivity contribution in [3.05, 3.63) is 53.5 Å². The maximum absolute atomic E-state index is 11.7. The number of carbonyl (C=O) groups is 2. The van der Waals surface area contributed by atoms with Gasteiger partial charge in [0.25, 0.3) is 0 Å². The smallest absolute Gasteiger partial charge is 0.371 e. The number of carboxylic acid groups (broad SMARTS) is 1. The molecule has 0 saturated heterocycles. The number of urea groups is 1. The van der Waals surface area contributed by atoms with Crippen molar-refractivity contribution >= 4 is 17.7 Å². The van der Waals surface area contributed by atoms with Crippen LogP contribution in [0.15, 0.2) is 40.8 Å². The molecule has 1 aromatic heterocycles. The molecule has 1 heterocycles. The molecule has 0 radical (unpaired) electrons. The molecule has 0 aliphatic rings. The highest BCUT2D eigenvalue weighted by molar-refractivity contribution is 5.90. The second-order valence-electron chi connectivity index (χ2n) is 4.04. The summed E-state index contributed by atoms with van der Waals surface area (Å²) < 4.78 is 5.00. The number of nitrogens with zero attached hydrogens (tertiary/aromatic N) is 1. The fourth-order valence-electron chi connectivity index (χ4n) is 1.61. The molecule has 7 nitrogen and oxygen atoms in total. The molecule has 0 fully saturated rings. The zero-order valence-electron chi connectivity index (χ0n) is 10.8. The molecule has 1 aromatic carbocycles. The molecule has 21 heavy (non-hydrogen) atoms. The number of anilines is 1. The summed E-state index contributed by atoms with van der Waals surface area (Å²) in [4.78, 5) is 22.3. The van der Waals surface area contributed by atoms with Crippen LogP contribution in [0.5, 0.6) is 0 Å². The van der Waals surface area contributed by atoms with E-state index < -0.39 is 12.0 Å². The predicted molar refractivity (Wildman–Crippen MR) is 72.7 cm³/mol. The lowest BCUT2D eigenvalue weighted by Crippen LogP contribution is -2.28. The lowest BCUT2D eigenvalue weighted by Gasteiger charge is -2.07. The predicted octanol–water partition coefficient (Wildman–Crippen LogP) is 2.17. The average molecular weight is 285 g/mol. The molecule has 0 bridgehead atoms. The molecule has 0 spiro atoms. The van der Waals surface area contributed by atoms with Gasteiger partial charge in [-0.3, -0.25) is 0 Å². The Morgan fingerprint density at radius 2 is 2.00 bits per heavy atom. The number of rotatable bonds is 4. The summed E-state index contributed by atoms with van der Waals surface area (Å²) in [6.45, 7) is 0.0355. The largest absolute Gasteiger partial charge is 0.475 e. The fourth-order valence-corrected chi connectivity index (χ4v) is 1.61. The van der Waals surface area contributed by atoms with Crippen LogP contribution in [0.25, 0.3) is 0 Å². The highest BCUT2D eigenvalue weighted by Gasteiger charge is 2.10. The molecular formula is C14H11N3O4. The van der Waals surface area contributed by atoms with Gasteiger partial charge in [-0.05, 0) is 24.3 Å². The van der Waals surface area contributed by atoms with Crippen LogP contribution in [-0.2, 0) is 6.54 Å². The van der Waals surface area contributed by atoms with Gasteiger partial charge < -0.3 is 20.2 Å². The first kappa shape index (κ1) is 14.1. The SMILES string of the molecule is N#Cc1ccccc1NC(=O)NCc1ccc(C(=O)O)o1. The monoisotopic (exact) mass is 285 g/mol. The van der Waals surface area contributed by atoms with E-state index in [0.29, 0.717) is 17.0 Å². The number of para-hydroxylation sites is 1. The standard InChI is InChI=1S/C14H11N3O4/c15-7-9-3-1-2-4-11(9)17-14(20)16-8-10-5-6-12(21-10)13(18)19/h1-6H,8H2,(H,18,19)(H2,16,17,20). The van der Waals surface area contributed by atoms with Crippen LogP contribution in [-0.4, -0.2) is 17.1 Å². The van der Waals surface area contributed by atoms with Gasteiger partial charge in [0.15, 0.2) is 0 Å². The Kier molecular flexibility index (Phi) is 4.21. The van der Waals surface area contributed by atoms with Crippen LogP contribution in [0, 0.1) is 11.3 Å². The summed E-state index contributed by atoms with van der Waals surface area (Å²) in [5.74, 6) is -1.05. The third-order valence-electron chi connectivity index (χ3n) is 2.59. The van der Waals surface area contributed by atoms with Crippen LogP contribution in [0.3, 0.4) is 0 Å². The minimum absolute atomic E-state index is 0.0355. The van der Waals surface area contributed by atoms with Crippen LogP contribution < -0.4 is 10.6 Å². The number of carbonyl (C=O) groups excluding carboxylic acids is 1. The summed E-state index contributed by atoms with van der Waals surface area (Å²) >= 11 is 0. The second-order valence-corrected chi connectivity index (χ2v) is 4.04. The van der Waals surface area contributed by atoms with Gasteiger partial charge in [-0.2, -0.15) is 5.26 Å². The van der Waals surface area contributed by atoms with Gasteiger partial charge in [0.05, 0.1) is 17.8 Å². The van der Waals surface area contributed by atoms with Crippen LogP contribution in [0.2, 0.25) is 0 Å². The highest BCUT2D eigenvalue weighted by Crippen LogP contribution is 2.13. The van der Waals surface area contributed by atoms with Gasteiger partial charge >= 0.3 is 12.0 Å². The molecule has 106 valence electrons. The first-order chi connectivity index (χ1) is 10.1. The summed E-state index contributed by atoms with van der Waals surface area (Å²) in [6.07, 6.45) is 0.